The standard InChI is InChI=1S/C19H29N5O4/c1-7-8-12-9-13(10-20)24(17(25)28-18(2,3)4)16(12)15(22-23-21)14-11-26-19(5,6)27-14/h7-8,12-16H,9,11H2,1-6H3/t12-,13-,14?,15+,16-/m1/s1. The van der Waals surface area contributed by atoms with Gasteiger partial charge in [-0.1, -0.05) is 17.3 Å². The minimum atomic E-state index is -0.812. The van der Waals surface area contributed by atoms with E-state index < -0.39 is 41.7 Å². The first kappa shape index (κ1) is 22.0. The van der Waals surface area contributed by atoms with Gasteiger partial charge in [-0.15, -0.1) is 0 Å². The fraction of sp³-hybridized carbons (Fsp3) is 0.789. The smallest absolute Gasteiger partial charge is 0.411 e. The molecule has 1 amide bonds. The highest BCUT2D eigenvalue weighted by atomic mass is 16.7. The molecule has 2 aliphatic heterocycles. The lowest BCUT2D eigenvalue weighted by Crippen LogP contribution is -2.53. The van der Waals surface area contributed by atoms with Crippen molar-refractivity contribution < 1.29 is 19.0 Å². The zero-order valence-electron chi connectivity index (χ0n) is 17.3. The van der Waals surface area contributed by atoms with Gasteiger partial charge in [0.15, 0.2) is 5.79 Å². The summed E-state index contributed by atoms with van der Waals surface area (Å²) in [5.41, 5.74) is 8.46. The molecule has 0 aliphatic carbocycles. The molecule has 2 rings (SSSR count). The number of hydrogen-bond donors (Lipinski definition) is 0. The summed E-state index contributed by atoms with van der Waals surface area (Å²) in [6, 6.07) is 0.202. The van der Waals surface area contributed by atoms with Gasteiger partial charge in [0.05, 0.1) is 30.9 Å². The lowest BCUT2D eigenvalue weighted by molar-refractivity contribution is -0.142. The fourth-order valence-corrected chi connectivity index (χ4v) is 3.77. The number of carbonyl (C=O) groups excluding carboxylic acids is 1. The first-order valence-electron chi connectivity index (χ1n) is 9.42. The molecule has 2 heterocycles. The number of nitrogens with zero attached hydrogens (tertiary/aromatic N) is 5. The number of carbonyl (C=O) groups is 1. The van der Waals surface area contributed by atoms with Crippen LogP contribution in [-0.4, -0.2) is 53.2 Å². The molecule has 0 aromatic rings. The predicted octanol–water partition coefficient (Wildman–Crippen LogP) is 3.91. The molecule has 154 valence electrons. The van der Waals surface area contributed by atoms with Gasteiger partial charge >= 0.3 is 6.09 Å². The third-order valence-electron chi connectivity index (χ3n) is 4.73. The Hall–Kier alpha value is -2.27. The predicted molar refractivity (Wildman–Crippen MR) is 102 cm³/mol. The quantitative estimate of drug-likeness (QED) is 0.311. The van der Waals surface area contributed by atoms with E-state index >= 15 is 0 Å². The SMILES string of the molecule is CC=C[C@@H]1C[C@H](C#N)N(C(=O)OC(C)(C)C)[C@H]1[C@@H](N=[N+]=[N-])C1COC(C)(C)O1. The molecule has 0 aromatic heterocycles. The third kappa shape index (κ3) is 4.96. The van der Waals surface area contributed by atoms with Crippen LogP contribution in [0.15, 0.2) is 17.3 Å². The minimum Gasteiger partial charge on any atom is -0.444 e. The van der Waals surface area contributed by atoms with Crippen LogP contribution < -0.4 is 0 Å². The second kappa shape index (κ2) is 8.39. The maximum absolute atomic E-state index is 13.0. The van der Waals surface area contributed by atoms with Gasteiger partial charge in [0.25, 0.3) is 0 Å². The Kier molecular flexibility index (Phi) is 6.60. The lowest BCUT2D eigenvalue weighted by atomic mass is 9.90. The van der Waals surface area contributed by atoms with E-state index in [0.717, 1.165) is 0 Å². The van der Waals surface area contributed by atoms with E-state index in [1.165, 1.54) is 4.90 Å². The average molecular weight is 391 g/mol. The van der Waals surface area contributed by atoms with Crippen LogP contribution in [0.2, 0.25) is 0 Å². The summed E-state index contributed by atoms with van der Waals surface area (Å²) < 4.78 is 17.1. The van der Waals surface area contributed by atoms with Crippen molar-refractivity contribution in [2.24, 2.45) is 11.0 Å². The second-order valence-electron chi connectivity index (χ2n) is 8.51. The molecule has 2 saturated heterocycles. The number of ether oxygens (including phenoxy) is 3. The highest BCUT2D eigenvalue weighted by molar-refractivity contribution is 5.70. The number of hydrogen-bond acceptors (Lipinski definition) is 6. The van der Waals surface area contributed by atoms with Crippen molar-refractivity contribution in [1.29, 1.82) is 5.26 Å². The summed E-state index contributed by atoms with van der Waals surface area (Å²) in [6.07, 6.45) is 3.09. The number of likely N-dealkylation sites (tertiary alicyclic amines) is 1. The Morgan fingerprint density at radius 3 is 2.64 bits per heavy atom. The lowest BCUT2D eigenvalue weighted by Gasteiger charge is -2.36. The van der Waals surface area contributed by atoms with Gasteiger partial charge in [-0.05, 0) is 53.5 Å². The first-order chi connectivity index (χ1) is 13.0. The fourth-order valence-electron chi connectivity index (χ4n) is 3.77. The molecule has 2 fully saturated rings. The largest absolute Gasteiger partial charge is 0.444 e. The van der Waals surface area contributed by atoms with Gasteiger partial charge in [0, 0.05) is 10.8 Å². The van der Waals surface area contributed by atoms with Gasteiger partial charge in [-0.3, -0.25) is 4.90 Å². The van der Waals surface area contributed by atoms with Crippen molar-refractivity contribution in [3.63, 3.8) is 0 Å². The van der Waals surface area contributed by atoms with Crippen LogP contribution in [0.5, 0.6) is 0 Å². The molecule has 2 aliphatic rings. The Morgan fingerprint density at radius 1 is 1.50 bits per heavy atom. The third-order valence-corrected chi connectivity index (χ3v) is 4.73. The normalized spacial score (nSPS) is 30.7. The minimum absolute atomic E-state index is 0.176. The van der Waals surface area contributed by atoms with Crippen LogP contribution in [0.4, 0.5) is 4.79 Å². The van der Waals surface area contributed by atoms with E-state index in [2.05, 4.69) is 16.1 Å². The van der Waals surface area contributed by atoms with E-state index in [-0.39, 0.29) is 12.5 Å². The maximum Gasteiger partial charge on any atom is 0.411 e. The number of allylic oxidation sites excluding steroid dienone is 1. The molecule has 28 heavy (non-hydrogen) atoms. The molecule has 5 atom stereocenters. The van der Waals surface area contributed by atoms with Gasteiger partial charge in [0.1, 0.15) is 11.6 Å². The van der Waals surface area contributed by atoms with Crippen molar-refractivity contribution in [1.82, 2.24) is 4.90 Å². The molecular weight excluding hydrogens is 362 g/mol. The number of rotatable bonds is 4. The molecule has 9 heteroatoms. The monoisotopic (exact) mass is 391 g/mol. The molecule has 0 radical (unpaired) electrons. The van der Waals surface area contributed by atoms with Crippen LogP contribution in [0, 0.1) is 17.2 Å². The van der Waals surface area contributed by atoms with Gasteiger partial charge in [0.2, 0.25) is 0 Å². The molecule has 1 unspecified atom stereocenters. The van der Waals surface area contributed by atoms with Crippen LogP contribution in [-0.2, 0) is 14.2 Å². The summed E-state index contributed by atoms with van der Waals surface area (Å²) in [5.74, 6) is -0.987. The number of amides is 1. The Balaban J connectivity index is 2.45. The summed E-state index contributed by atoms with van der Waals surface area (Å²) >= 11 is 0. The van der Waals surface area contributed by atoms with E-state index in [1.807, 2.05) is 19.1 Å². The molecule has 0 bridgehead atoms. The molecule has 0 aromatic carbocycles. The average Bonchev–Trinajstić information content (AvgIpc) is 3.11. The van der Waals surface area contributed by atoms with Crippen molar-refractivity contribution in [3.8, 4) is 6.07 Å². The van der Waals surface area contributed by atoms with Gasteiger partial charge < -0.3 is 14.2 Å². The summed E-state index contributed by atoms with van der Waals surface area (Å²) in [4.78, 5) is 17.4. The van der Waals surface area contributed by atoms with Crippen LogP contribution >= 0.6 is 0 Å². The zero-order chi connectivity index (χ0) is 21.1. The van der Waals surface area contributed by atoms with Crippen molar-refractivity contribution >= 4 is 6.09 Å². The Labute approximate surface area is 165 Å². The molecular formula is C19H29N5O4. The Morgan fingerprint density at radius 2 is 2.18 bits per heavy atom. The van der Waals surface area contributed by atoms with Crippen LogP contribution in [0.1, 0.15) is 48.0 Å². The molecule has 0 N–H and O–H groups in total. The van der Waals surface area contributed by atoms with E-state index in [0.29, 0.717) is 6.42 Å². The van der Waals surface area contributed by atoms with Crippen LogP contribution in [0.3, 0.4) is 0 Å². The summed E-state index contributed by atoms with van der Waals surface area (Å²) in [7, 11) is 0. The van der Waals surface area contributed by atoms with Crippen LogP contribution in [0.25, 0.3) is 10.4 Å². The van der Waals surface area contributed by atoms with Crippen molar-refractivity contribution in [2.75, 3.05) is 6.61 Å². The number of azide groups is 1. The topological polar surface area (TPSA) is 121 Å². The number of nitriles is 1. The highest BCUT2D eigenvalue weighted by Gasteiger charge is 2.52. The summed E-state index contributed by atoms with van der Waals surface area (Å²) in [6.45, 7) is 11.0. The van der Waals surface area contributed by atoms with Gasteiger partial charge in [-0.2, -0.15) is 5.26 Å². The molecule has 0 spiro atoms. The van der Waals surface area contributed by atoms with E-state index in [1.54, 1.807) is 34.6 Å². The molecule has 9 nitrogen and oxygen atoms in total. The molecule has 0 saturated carbocycles. The first-order valence-corrected chi connectivity index (χ1v) is 9.42. The Bertz CT molecular complexity index is 702. The summed E-state index contributed by atoms with van der Waals surface area (Å²) in [5, 5.41) is 13.6. The highest BCUT2D eigenvalue weighted by Crippen LogP contribution is 2.39. The van der Waals surface area contributed by atoms with E-state index in [9.17, 15) is 15.6 Å². The second-order valence-corrected chi connectivity index (χ2v) is 8.51. The van der Waals surface area contributed by atoms with Crippen molar-refractivity contribution in [3.05, 3.63) is 22.6 Å². The van der Waals surface area contributed by atoms with Crippen molar-refractivity contribution in [2.45, 2.75) is 83.6 Å². The zero-order valence-corrected chi connectivity index (χ0v) is 17.3. The van der Waals surface area contributed by atoms with E-state index in [4.69, 9.17) is 14.2 Å². The van der Waals surface area contributed by atoms with Gasteiger partial charge in [-0.25, -0.2) is 4.79 Å². The maximum atomic E-state index is 13.0.